The molecule has 1 saturated heterocycles. The van der Waals surface area contributed by atoms with E-state index in [1.807, 2.05) is 35.2 Å². The van der Waals surface area contributed by atoms with Gasteiger partial charge in [0.25, 0.3) is 5.91 Å². The van der Waals surface area contributed by atoms with Gasteiger partial charge in [-0.25, -0.2) is 0 Å². The summed E-state index contributed by atoms with van der Waals surface area (Å²) in [5.41, 5.74) is 1.15. The number of pyridine rings is 1. The minimum absolute atomic E-state index is 0.0199. The summed E-state index contributed by atoms with van der Waals surface area (Å²) in [5, 5.41) is 0. The van der Waals surface area contributed by atoms with E-state index in [4.69, 9.17) is 9.47 Å². The minimum Gasteiger partial charge on any atom is -0.497 e. The van der Waals surface area contributed by atoms with Crippen LogP contribution in [0.15, 0.2) is 48.8 Å². The molecule has 1 atom stereocenters. The van der Waals surface area contributed by atoms with Gasteiger partial charge in [0.1, 0.15) is 11.5 Å². The molecule has 1 aliphatic rings. The summed E-state index contributed by atoms with van der Waals surface area (Å²) in [4.78, 5) is 18.9. The predicted molar refractivity (Wildman–Crippen MR) is 95.6 cm³/mol. The van der Waals surface area contributed by atoms with Crippen LogP contribution in [0.4, 0.5) is 0 Å². The summed E-state index contributed by atoms with van der Waals surface area (Å²) in [7, 11) is 1.61. The molecule has 0 bridgehead atoms. The molecule has 1 amide bonds. The summed E-state index contributed by atoms with van der Waals surface area (Å²) in [6.45, 7) is 0.808. The van der Waals surface area contributed by atoms with Crippen molar-refractivity contribution in [3.05, 3.63) is 54.4 Å². The van der Waals surface area contributed by atoms with Gasteiger partial charge in [-0.15, -0.1) is 0 Å². The van der Waals surface area contributed by atoms with Crippen molar-refractivity contribution < 1.29 is 14.3 Å². The number of carbonyl (C=O) groups is 1. The van der Waals surface area contributed by atoms with Crippen LogP contribution in [0.3, 0.4) is 0 Å². The molecule has 0 aliphatic carbocycles. The number of likely N-dealkylation sites (tertiary alicyclic amines) is 1. The molecule has 0 unspecified atom stereocenters. The Bertz CT molecular complexity index is 690. The number of benzene rings is 1. The van der Waals surface area contributed by atoms with E-state index in [0.29, 0.717) is 5.75 Å². The van der Waals surface area contributed by atoms with Crippen molar-refractivity contribution in [2.75, 3.05) is 20.3 Å². The molecule has 0 radical (unpaired) electrons. The highest BCUT2D eigenvalue weighted by atomic mass is 16.5. The number of ether oxygens (including phenoxy) is 2. The monoisotopic (exact) mass is 340 g/mol. The fourth-order valence-corrected chi connectivity index (χ4v) is 3.26. The summed E-state index contributed by atoms with van der Waals surface area (Å²) < 4.78 is 10.9. The number of methoxy groups -OCH3 is 1. The summed E-state index contributed by atoms with van der Waals surface area (Å²) >= 11 is 0. The highest BCUT2D eigenvalue weighted by molar-refractivity contribution is 5.78. The third kappa shape index (κ3) is 4.50. The molecule has 0 spiro atoms. The van der Waals surface area contributed by atoms with Crippen LogP contribution in [0.5, 0.6) is 11.5 Å². The number of hydrogen-bond donors (Lipinski definition) is 0. The number of amides is 1. The zero-order valence-corrected chi connectivity index (χ0v) is 14.6. The van der Waals surface area contributed by atoms with E-state index < -0.39 is 0 Å². The van der Waals surface area contributed by atoms with Crippen LogP contribution < -0.4 is 9.47 Å². The molecular weight excluding hydrogens is 316 g/mol. The Morgan fingerprint density at radius 2 is 1.96 bits per heavy atom. The quantitative estimate of drug-likeness (QED) is 0.834. The predicted octanol–water partition coefficient (Wildman–Crippen LogP) is 3.61. The van der Waals surface area contributed by atoms with Crippen LogP contribution in [0.2, 0.25) is 0 Å². The van der Waals surface area contributed by atoms with E-state index in [2.05, 4.69) is 4.98 Å². The van der Waals surface area contributed by atoms with Gasteiger partial charge in [0.05, 0.1) is 13.2 Å². The van der Waals surface area contributed by atoms with Crippen molar-refractivity contribution in [3.63, 3.8) is 0 Å². The maximum absolute atomic E-state index is 12.8. The van der Waals surface area contributed by atoms with E-state index in [1.165, 1.54) is 0 Å². The number of carbonyl (C=O) groups excluding carboxylic acids is 1. The largest absolute Gasteiger partial charge is 0.497 e. The van der Waals surface area contributed by atoms with Gasteiger partial charge in [0.2, 0.25) is 0 Å². The maximum Gasteiger partial charge on any atom is 0.261 e. The topological polar surface area (TPSA) is 51.7 Å². The molecule has 5 heteroatoms. The first-order valence-electron chi connectivity index (χ1n) is 8.74. The second-order valence-electron chi connectivity index (χ2n) is 6.20. The van der Waals surface area contributed by atoms with Gasteiger partial charge in [-0.3, -0.25) is 9.78 Å². The van der Waals surface area contributed by atoms with E-state index in [0.717, 1.165) is 43.5 Å². The smallest absolute Gasteiger partial charge is 0.261 e. The van der Waals surface area contributed by atoms with Crippen LogP contribution in [0, 0.1) is 0 Å². The van der Waals surface area contributed by atoms with E-state index in [1.54, 1.807) is 25.6 Å². The first-order valence-corrected chi connectivity index (χ1v) is 8.74. The molecule has 1 aliphatic heterocycles. The van der Waals surface area contributed by atoms with Crippen molar-refractivity contribution in [1.82, 2.24) is 9.88 Å². The molecule has 2 heterocycles. The molecule has 2 aromatic rings. The minimum atomic E-state index is 0.0199. The van der Waals surface area contributed by atoms with Crippen molar-refractivity contribution in [1.29, 1.82) is 0 Å². The van der Waals surface area contributed by atoms with E-state index in [9.17, 15) is 4.79 Å². The van der Waals surface area contributed by atoms with Crippen molar-refractivity contribution in [2.24, 2.45) is 0 Å². The standard InChI is InChI=1S/C20H24N2O3/c1-24-17-6-5-7-18(14-17)25-15-20(23)22-13-4-2-3-8-19(22)16-9-11-21-12-10-16/h5-7,9-12,14,19H,2-4,8,13,15H2,1H3/t19-/m1/s1. The Morgan fingerprint density at radius 3 is 2.76 bits per heavy atom. The Hall–Kier alpha value is -2.56. The SMILES string of the molecule is COc1cccc(OCC(=O)N2CCCCC[C@@H]2c2ccncc2)c1. The van der Waals surface area contributed by atoms with E-state index >= 15 is 0 Å². The normalized spacial score (nSPS) is 17.6. The van der Waals surface area contributed by atoms with Crippen LogP contribution in [-0.2, 0) is 4.79 Å². The molecule has 1 fully saturated rings. The van der Waals surface area contributed by atoms with Crippen molar-refractivity contribution in [3.8, 4) is 11.5 Å². The number of aromatic nitrogens is 1. The van der Waals surface area contributed by atoms with Crippen LogP contribution >= 0.6 is 0 Å². The Labute approximate surface area is 148 Å². The van der Waals surface area contributed by atoms with Gasteiger partial charge in [0, 0.05) is 25.0 Å². The first-order chi connectivity index (χ1) is 12.3. The van der Waals surface area contributed by atoms with Crippen molar-refractivity contribution >= 4 is 5.91 Å². The molecule has 0 N–H and O–H groups in total. The zero-order valence-electron chi connectivity index (χ0n) is 14.6. The summed E-state index contributed by atoms with van der Waals surface area (Å²) in [5.74, 6) is 1.38. The van der Waals surface area contributed by atoms with Gasteiger partial charge in [-0.2, -0.15) is 0 Å². The van der Waals surface area contributed by atoms with Gasteiger partial charge in [0.15, 0.2) is 6.61 Å². The van der Waals surface area contributed by atoms with E-state index in [-0.39, 0.29) is 18.6 Å². The molecule has 5 nitrogen and oxygen atoms in total. The lowest BCUT2D eigenvalue weighted by Gasteiger charge is -2.30. The van der Waals surface area contributed by atoms with Crippen molar-refractivity contribution in [2.45, 2.75) is 31.7 Å². The van der Waals surface area contributed by atoms with Crippen LogP contribution in [0.25, 0.3) is 0 Å². The second-order valence-corrected chi connectivity index (χ2v) is 6.20. The Balaban J connectivity index is 1.69. The fraction of sp³-hybridized carbons (Fsp3) is 0.400. The maximum atomic E-state index is 12.8. The number of nitrogens with zero attached hydrogens (tertiary/aromatic N) is 2. The highest BCUT2D eigenvalue weighted by Crippen LogP contribution is 2.30. The third-order valence-electron chi connectivity index (χ3n) is 4.57. The Kier molecular flexibility index (Phi) is 5.88. The second kappa shape index (κ2) is 8.51. The first kappa shape index (κ1) is 17.3. The lowest BCUT2D eigenvalue weighted by molar-refractivity contribution is -0.135. The average Bonchev–Trinajstić information content (AvgIpc) is 2.93. The van der Waals surface area contributed by atoms with Gasteiger partial charge in [-0.1, -0.05) is 18.9 Å². The highest BCUT2D eigenvalue weighted by Gasteiger charge is 2.26. The molecule has 25 heavy (non-hydrogen) atoms. The lowest BCUT2D eigenvalue weighted by Crippen LogP contribution is -2.38. The molecule has 1 aromatic carbocycles. The summed E-state index contributed by atoms with van der Waals surface area (Å²) in [6, 6.07) is 11.4. The zero-order chi connectivity index (χ0) is 17.5. The Morgan fingerprint density at radius 1 is 1.16 bits per heavy atom. The van der Waals surface area contributed by atoms with Crippen LogP contribution in [0.1, 0.15) is 37.3 Å². The summed E-state index contributed by atoms with van der Waals surface area (Å²) in [6.07, 6.45) is 7.88. The van der Waals surface area contributed by atoms with Crippen LogP contribution in [-0.4, -0.2) is 36.1 Å². The molecule has 132 valence electrons. The lowest BCUT2D eigenvalue weighted by atomic mass is 10.0. The van der Waals surface area contributed by atoms with Gasteiger partial charge in [-0.05, 0) is 42.7 Å². The number of rotatable bonds is 5. The van der Waals surface area contributed by atoms with Gasteiger partial charge >= 0.3 is 0 Å². The fourth-order valence-electron chi connectivity index (χ4n) is 3.26. The average molecular weight is 340 g/mol. The molecular formula is C20H24N2O3. The molecule has 1 aromatic heterocycles. The third-order valence-corrected chi connectivity index (χ3v) is 4.57. The van der Waals surface area contributed by atoms with Gasteiger partial charge < -0.3 is 14.4 Å². The molecule has 0 saturated carbocycles. The molecule has 3 rings (SSSR count). The number of hydrogen-bond acceptors (Lipinski definition) is 4.